The molecule has 0 N–H and O–H groups in total. The minimum atomic E-state index is 0.416. The van der Waals surface area contributed by atoms with Gasteiger partial charge in [0.2, 0.25) is 11.6 Å². The van der Waals surface area contributed by atoms with Gasteiger partial charge in [-0.05, 0) is 19.4 Å². The van der Waals surface area contributed by atoms with Crippen LogP contribution in [0.4, 0.5) is 11.8 Å². The summed E-state index contributed by atoms with van der Waals surface area (Å²) in [4.78, 5) is 18.2. The number of hydrogen-bond acceptors (Lipinski definition) is 7. The molecule has 2 unspecified atom stereocenters. The molecule has 0 amide bonds. The van der Waals surface area contributed by atoms with Crippen LogP contribution in [0.1, 0.15) is 12.1 Å². The van der Waals surface area contributed by atoms with E-state index in [9.17, 15) is 0 Å². The maximum atomic E-state index is 4.57. The monoisotopic (exact) mass is 308 g/mol. The van der Waals surface area contributed by atoms with Gasteiger partial charge in [-0.1, -0.05) is 0 Å². The van der Waals surface area contributed by atoms with Gasteiger partial charge >= 0.3 is 0 Å². The fraction of sp³-hybridized carbons (Fsp3) is 0.400. The Morgan fingerprint density at radius 1 is 1.09 bits per heavy atom. The lowest BCUT2D eigenvalue weighted by molar-refractivity contribution is 0.627. The Hall–Kier alpha value is -2.77. The van der Waals surface area contributed by atoms with Crippen LogP contribution >= 0.6 is 0 Å². The second-order valence-electron chi connectivity index (χ2n) is 6.16. The first-order valence-corrected chi connectivity index (χ1v) is 7.77. The van der Waals surface area contributed by atoms with Crippen molar-refractivity contribution in [1.82, 2.24) is 29.5 Å². The zero-order chi connectivity index (χ0) is 15.4. The first-order chi connectivity index (χ1) is 11.3. The summed E-state index contributed by atoms with van der Waals surface area (Å²) in [5.41, 5.74) is 1.82. The van der Waals surface area contributed by atoms with E-state index in [-0.39, 0.29) is 0 Å². The predicted molar refractivity (Wildman–Crippen MR) is 84.4 cm³/mol. The van der Waals surface area contributed by atoms with Crippen LogP contribution in [-0.2, 0) is 0 Å². The van der Waals surface area contributed by atoms with Crippen LogP contribution in [0.15, 0.2) is 31.0 Å². The highest BCUT2D eigenvalue weighted by atomic mass is 15.4. The summed E-state index contributed by atoms with van der Waals surface area (Å²) in [6, 6.07) is 2.77. The van der Waals surface area contributed by atoms with Crippen LogP contribution < -0.4 is 9.80 Å². The highest BCUT2D eigenvalue weighted by Gasteiger charge is 2.45. The van der Waals surface area contributed by atoms with E-state index >= 15 is 0 Å². The van der Waals surface area contributed by atoms with Gasteiger partial charge in [-0.3, -0.25) is 4.40 Å². The van der Waals surface area contributed by atoms with Gasteiger partial charge in [0.15, 0.2) is 5.82 Å². The van der Waals surface area contributed by atoms with Crippen molar-refractivity contribution in [1.29, 1.82) is 0 Å². The number of rotatable bonds is 2. The number of fused-ring (bicyclic) bond motifs is 3. The second kappa shape index (κ2) is 4.61. The number of anilines is 2. The minimum absolute atomic E-state index is 0.416. The molecule has 2 aliphatic rings. The molecule has 3 aromatic rings. The molecule has 2 saturated heterocycles. The third-order valence-corrected chi connectivity index (χ3v) is 4.75. The number of piperazine rings is 1. The van der Waals surface area contributed by atoms with Crippen LogP contribution in [0, 0.1) is 6.92 Å². The molecule has 2 bridgehead atoms. The zero-order valence-corrected chi connectivity index (χ0v) is 12.7. The molecule has 8 heteroatoms. The summed E-state index contributed by atoms with van der Waals surface area (Å²) in [6.07, 6.45) is 8.33. The van der Waals surface area contributed by atoms with Crippen molar-refractivity contribution in [3.05, 3.63) is 36.7 Å². The summed E-state index contributed by atoms with van der Waals surface area (Å²) >= 11 is 0. The molecule has 0 aliphatic carbocycles. The average Bonchev–Trinajstić information content (AvgIpc) is 3.28. The molecule has 5 rings (SSSR count). The van der Waals surface area contributed by atoms with E-state index < -0.39 is 0 Å². The Morgan fingerprint density at radius 3 is 2.78 bits per heavy atom. The molecule has 8 nitrogen and oxygen atoms in total. The number of nitrogens with zero attached hydrogens (tertiary/aromatic N) is 8. The van der Waals surface area contributed by atoms with Crippen LogP contribution in [0.5, 0.6) is 0 Å². The van der Waals surface area contributed by atoms with E-state index in [2.05, 4.69) is 34.9 Å². The van der Waals surface area contributed by atoms with Crippen LogP contribution in [-0.4, -0.2) is 54.7 Å². The molecule has 5 heterocycles. The van der Waals surface area contributed by atoms with Gasteiger partial charge in [0.1, 0.15) is 6.33 Å². The first-order valence-electron chi connectivity index (χ1n) is 7.77. The van der Waals surface area contributed by atoms with Gasteiger partial charge in [0, 0.05) is 37.4 Å². The molecule has 2 atom stereocenters. The zero-order valence-electron chi connectivity index (χ0n) is 12.7. The standard InChI is InChI=1S/C15H16N8/c1-10-2-3-17-15(19-10)23-8-11-6-12(23)7-22(11)13-14-20-18-9-21(14)5-4-16-13/h2-5,9,11-12H,6-8H2,1H3. The van der Waals surface area contributed by atoms with Gasteiger partial charge in [0.25, 0.3) is 0 Å². The molecule has 23 heavy (non-hydrogen) atoms. The third kappa shape index (κ3) is 1.87. The minimum Gasteiger partial charge on any atom is -0.347 e. The SMILES string of the molecule is Cc1ccnc(N2CC3CC2CN3c2nccn3cnnc23)n1. The van der Waals surface area contributed by atoms with Crippen molar-refractivity contribution in [2.75, 3.05) is 22.9 Å². The van der Waals surface area contributed by atoms with Gasteiger partial charge in [-0.25, -0.2) is 15.0 Å². The fourth-order valence-corrected chi connectivity index (χ4v) is 3.69. The number of hydrogen-bond donors (Lipinski definition) is 0. The number of aryl methyl sites for hydroxylation is 1. The maximum absolute atomic E-state index is 4.57. The van der Waals surface area contributed by atoms with Crippen molar-refractivity contribution in [2.45, 2.75) is 25.4 Å². The average molecular weight is 308 g/mol. The predicted octanol–water partition coefficient (Wildman–Crippen LogP) is 0.690. The highest BCUT2D eigenvalue weighted by molar-refractivity contribution is 5.66. The Bertz CT molecular complexity index is 875. The highest BCUT2D eigenvalue weighted by Crippen LogP contribution is 2.36. The van der Waals surface area contributed by atoms with Crippen LogP contribution in [0.25, 0.3) is 5.65 Å². The Morgan fingerprint density at radius 2 is 1.96 bits per heavy atom. The maximum Gasteiger partial charge on any atom is 0.225 e. The van der Waals surface area contributed by atoms with Gasteiger partial charge in [0.05, 0.1) is 12.1 Å². The molecular formula is C15H16N8. The van der Waals surface area contributed by atoms with Gasteiger partial charge in [-0.15, -0.1) is 10.2 Å². The van der Waals surface area contributed by atoms with Gasteiger partial charge in [-0.2, -0.15) is 0 Å². The van der Waals surface area contributed by atoms with Crippen molar-refractivity contribution in [3.8, 4) is 0 Å². The molecule has 2 aliphatic heterocycles. The van der Waals surface area contributed by atoms with E-state index in [1.165, 1.54) is 0 Å². The second-order valence-corrected chi connectivity index (χ2v) is 6.16. The lowest BCUT2D eigenvalue weighted by Gasteiger charge is -2.34. The van der Waals surface area contributed by atoms with Crippen LogP contribution in [0.2, 0.25) is 0 Å². The molecule has 3 aromatic heterocycles. The van der Waals surface area contributed by atoms with E-state index in [4.69, 9.17) is 0 Å². The Labute approximate surface area is 132 Å². The van der Waals surface area contributed by atoms with Gasteiger partial charge < -0.3 is 9.80 Å². The topological polar surface area (TPSA) is 75.3 Å². The van der Waals surface area contributed by atoms with Crippen molar-refractivity contribution < 1.29 is 0 Å². The molecule has 0 radical (unpaired) electrons. The van der Waals surface area contributed by atoms with Crippen molar-refractivity contribution in [3.63, 3.8) is 0 Å². The van der Waals surface area contributed by atoms with E-state index in [1.807, 2.05) is 29.8 Å². The summed E-state index contributed by atoms with van der Waals surface area (Å²) in [6.45, 7) is 3.84. The largest absolute Gasteiger partial charge is 0.347 e. The van der Waals surface area contributed by atoms with Crippen molar-refractivity contribution >= 4 is 17.4 Å². The summed E-state index contributed by atoms with van der Waals surface area (Å²) in [5.74, 6) is 1.76. The Balaban J connectivity index is 1.45. The summed E-state index contributed by atoms with van der Waals surface area (Å²) in [5, 5.41) is 8.19. The smallest absolute Gasteiger partial charge is 0.225 e. The lowest BCUT2D eigenvalue weighted by Crippen LogP contribution is -2.47. The summed E-state index contributed by atoms with van der Waals surface area (Å²) in [7, 11) is 0. The molecule has 0 aromatic carbocycles. The van der Waals surface area contributed by atoms with E-state index in [0.29, 0.717) is 12.1 Å². The lowest BCUT2D eigenvalue weighted by atomic mass is 10.2. The molecule has 116 valence electrons. The molecule has 0 spiro atoms. The van der Waals surface area contributed by atoms with Crippen molar-refractivity contribution in [2.24, 2.45) is 0 Å². The molecule has 0 saturated carbocycles. The first kappa shape index (κ1) is 12.7. The summed E-state index contributed by atoms with van der Waals surface area (Å²) < 4.78 is 1.91. The molecule has 2 fully saturated rings. The van der Waals surface area contributed by atoms with E-state index in [1.54, 1.807) is 12.5 Å². The molecular weight excluding hydrogens is 292 g/mol. The Kier molecular flexibility index (Phi) is 2.55. The van der Waals surface area contributed by atoms with E-state index in [0.717, 1.165) is 42.6 Å². The number of aromatic nitrogens is 6. The third-order valence-electron chi connectivity index (χ3n) is 4.75. The normalized spacial score (nSPS) is 23.2. The fourth-order valence-electron chi connectivity index (χ4n) is 3.69. The quantitative estimate of drug-likeness (QED) is 0.689. The van der Waals surface area contributed by atoms with Crippen LogP contribution in [0.3, 0.4) is 0 Å².